The third-order valence-electron chi connectivity index (χ3n) is 7.28. The Morgan fingerprint density at radius 3 is 2.47 bits per heavy atom. The number of thiophene rings is 1. The second-order valence-electron chi connectivity index (χ2n) is 9.71. The van der Waals surface area contributed by atoms with Crippen LogP contribution in [0.25, 0.3) is 0 Å². The Morgan fingerprint density at radius 1 is 1.22 bits per heavy atom. The lowest BCUT2D eigenvalue weighted by molar-refractivity contribution is -0.122. The summed E-state index contributed by atoms with van der Waals surface area (Å²) in [6.45, 7) is 1.99. The van der Waals surface area contributed by atoms with Crippen LogP contribution in [0.4, 0.5) is 5.00 Å². The molecule has 172 valence electrons. The van der Waals surface area contributed by atoms with Crippen molar-refractivity contribution in [3.8, 4) is 0 Å². The van der Waals surface area contributed by atoms with Gasteiger partial charge in [-0.15, -0.1) is 11.3 Å². The zero-order valence-electron chi connectivity index (χ0n) is 18.4. The van der Waals surface area contributed by atoms with Crippen molar-refractivity contribution in [2.24, 2.45) is 22.7 Å². The van der Waals surface area contributed by atoms with Gasteiger partial charge in [0, 0.05) is 11.3 Å². The molecule has 1 aliphatic heterocycles. The number of carbonyl (C=O) groups is 3. The van der Waals surface area contributed by atoms with Gasteiger partial charge in [0.15, 0.2) is 5.17 Å². The highest BCUT2D eigenvalue weighted by atomic mass is 32.2. The molecule has 2 amide bonds. The second-order valence-corrected chi connectivity index (χ2v) is 12.0. The first-order valence-electron chi connectivity index (χ1n) is 11.4. The molecule has 0 spiro atoms. The fourth-order valence-electron chi connectivity index (χ4n) is 6.33. The van der Waals surface area contributed by atoms with Crippen LogP contribution >= 0.6 is 23.1 Å². The molecule has 0 aromatic carbocycles. The monoisotopic (exact) mass is 475 g/mol. The summed E-state index contributed by atoms with van der Waals surface area (Å²) in [6.07, 6.45) is 8.26. The number of methoxy groups -OCH3 is 1. The molecule has 1 unspecified atom stereocenters. The fraction of sp³-hybridized carbons (Fsp3) is 0.652. The molecule has 6 rings (SSSR count). The topological polar surface area (TPSA) is 96.9 Å². The number of thioether (sulfide) groups is 1. The van der Waals surface area contributed by atoms with E-state index in [1.54, 1.807) is 6.07 Å². The minimum Gasteiger partial charge on any atom is -0.465 e. The number of amidine groups is 1. The van der Waals surface area contributed by atoms with Crippen LogP contribution < -0.4 is 10.6 Å². The van der Waals surface area contributed by atoms with Crippen LogP contribution in [0.15, 0.2) is 11.1 Å². The van der Waals surface area contributed by atoms with Gasteiger partial charge in [0.05, 0.1) is 18.2 Å². The van der Waals surface area contributed by atoms with E-state index in [1.807, 2.05) is 6.92 Å². The predicted molar refractivity (Wildman–Crippen MR) is 126 cm³/mol. The van der Waals surface area contributed by atoms with Gasteiger partial charge in [-0.2, -0.15) is 0 Å². The van der Waals surface area contributed by atoms with E-state index in [4.69, 9.17) is 9.73 Å². The molecule has 7 nitrogen and oxygen atoms in total. The number of hydrogen-bond donors (Lipinski definition) is 2. The Balaban J connectivity index is 1.24. The first-order valence-corrected chi connectivity index (χ1v) is 13.1. The quantitative estimate of drug-likeness (QED) is 0.607. The summed E-state index contributed by atoms with van der Waals surface area (Å²) in [5.41, 5.74) is 0.347. The second kappa shape index (κ2) is 8.48. The molecule has 9 heteroatoms. The maximum absolute atomic E-state index is 12.7. The highest BCUT2D eigenvalue weighted by Crippen LogP contribution is 2.57. The molecule has 5 fully saturated rings. The van der Waals surface area contributed by atoms with E-state index < -0.39 is 11.2 Å². The molecule has 1 aromatic rings. The summed E-state index contributed by atoms with van der Waals surface area (Å²) in [5.74, 6) is 1.44. The first-order chi connectivity index (χ1) is 15.4. The molecule has 4 bridgehead atoms. The Labute approximate surface area is 196 Å². The third kappa shape index (κ3) is 4.21. The summed E-state index contributed by atoms with van der Waals surface area (Å²) in [5, 5.41) is 6.38. The molecule has 2 N–H and O–H groups in total. The summed E-state index contributed by atoms with van der Waals surface area (Å²) in [7, 11) is 1.32. The Bertz CT molecular complexity index is 951. The van der Waals surface area contributed by atoms with Crippen LogP contribution in [0.5, 0.6) is 0 Å². The van der Waals surface area contributed by atoms with Crippen molar-refractivity contribution in [3.63, 3.8) is 0 Å². The Hall–Kier alpha value is -1.87. The maximum atomic E-state index is 12.7. The number of aryl methyl sites for hydroxylation is 1. The van der Waals surface area contributed by atoms with Gasteiger partial charge in [-0.05, 0) is 68.8 Å². The minimum absolute atomic E-state index is 0.00947. The molecular formula is C23H29N3O4S2. The van der Waals surface area contributed by atoms with Crippen molar-refractivity contribution in [3.05, 3.63) is 16.5 Å². The first kappa shape index (κ1) is 21.9. The zero-order valence-corrected chi connectivity index (χ0v) is 20.1. The highest BCUT2D eigenvalue weighted by molar-refractivity contribution is 8.15. The fourth-order valence-corrected chi connectivity index (χ4v) is 8.40. The number of amides is 2. The van der Waals surface area contributed by atoms with Crippen LogP contribution in [0, 0.1) is 17.8 Å². The van der Waals surface area contributed by atoms with Gasteiger partial charge in [0.1, 0.15) is 10.3 Å². The van der Waals surface area contributed by atoms with E-state index >= 15 is 0 Å². The minimum atomic E-state index is -0.505. The van der Waals surface area contributed by atoms with Crippen molar-refractivity contribution >= 4 is 51.1 Å². The van der Waals surface area contributed by atoms with Gasteiger partial charge in [0.2, 0.25) is 11.8 Å². The summed E-state index contributed by atoms with van der Waals surface area (Å²) in [6, 6.07) is 1.75. The van der Waals surface area contributed by atoms with E-state index in [9.17, 15) is 14.4 Å². The van der Waals surface area contributed by atoms with Crippen LogP contribution in [0.2, 0.25) is 0 Å². The SMILES string of the molecule is CCc1cc(C(=O)OC)c(NC(=O)CC2SC(=NC34CC5CC(CC(C5)C3)C4)NC2=O)s1. The van der Waals surface area contributed by atoms with Crippen LogP contribution in [-0.2, 0) is 20.7 Å². The number of carbonyl (C=O) groups excluding carboxylic acids is 3. The van der Waals surface area contributed by atoms with E-state index in [-0.39, 0.29) is 23.8 Å². The molecule has 32 heavy (non-hydrogen) atoms. The van der Waals surface area contributed by atoms with Gasteiger partial charge in [-0.1, -0.05) is 18.7 Å². The highest BCUT2D eigenvalue weighted by Gasteiger charge is 2.51. The van der Waals surface area contributed by atoms with Crippen LogP contribution in [0.3, 0.4) is 0 Å². The number of esters is 1. The lowest BCUT2D eigenvalue weighted by Crippen LogP contribution is -2.50. The number of ether oxygens (including phenoxy) is 1. The third-order valence-corrected chi connectivity index (χ3v) is 9.56. The standard InChI is InChI=1S/C23H29N3O4S2/c1-3-15-7-16(21(29)30-2)20(31-15)24-18(27)8-17-19(28)25-22(32-17)26-23-9-12-4-13(10-23)6-14(5-12)11-23/h7,12-14,17H,3-6,8-11H2,1-2H3,(H,24,27)(H,25,26,28). The average molecular weight is 476 g/mol. The van der Waals surface area contributed by atoms with Crippen molar-refractivity contribution in [2.45, 2.75) is 69.1 Å². The summed E-state index contributed by atoms with van der Waals surface area (Å²) in [4.78, 5) is 43.4. The van der Waals surface area contributed by atoms with Crippen molar-refractivity contribution in [1.29, 1.82) is 0 Å². The molecular weight excluding hydrogens is 446 g/mol. The maximum Gasteiger partial charge on any atom is 0.340 e. The number of rotatable bonds is 6. The number of aliphatic imine (C=N–C) groups is 1. The Kier molecular flexibility index (Phi) is 5.82. The van der Waals surface area contributed by atoms with E-state index in [2.05, 4.69) is 10.6 Å². The normalized spacial score (nSPS) is 34.1. The molecule has 5 aliphatic rings. The molecule has 1 saturated heterocycles. The van der Waals surface area contributed by atoms with Crippen LogP contribution in [-0.4, -0.2) is 40.8 Å². The van der Waals surface area contributed by atoms with Crippen molar-refractivity contribution in [2.75, 3.05) is 12.4 Å². The van der Waals surface area contributed by atoms with Gasteiger partial charge in [-0.3, -0.25) is 14.6 Å². The van der Waals surface area contributed by atoms with E-state index in [0.717, 1.165) is 48.3 Å². The molecule has 2 heterocycles. The summed E-state index contributed by atoms with van der Waals surface area (Å²) < 4.78 is 4.83. The lowest BCUT2D eigenvalue weighted by atomic mass is 9.53. The lowest BCUT2D eigenvalue weighted by Gasteiger charge is -2.55. The van der Waals surface area contributed by atoms with Crippen LogP contribution in [0.1, 0.15) is 67.1 Å². The van der Waals surface area contributed by atoms with E-state index in [0.29, 0.717) is 15.7 Å². The van der Waals surface area contributed by atoms with Gasteiger partial charge in [0.25, 0.3) is 0 Å². The number of anilines is 1. The smallest absolute Gasteiger partial charge is 0.340 e. The predicted octanol–water partition coefficient (Wildman–Crippen LogP) is 3.98. The van der Waals surface area contributed by atoms with Gasteiger partial charge in [-0.25, -0.2) is 4.79 Å². The zero-order chi connectivity index (χ0) is 22.5. The molecule has 4 saturated carbocycles. The largest absolute Gasteiger partial charge is 0.465 e. The molecule has 1 atom stereocenters. The number of hydrogen-bond acceptors (Lipinski definition) is 7. The summed E-state index contributed by atoms with van der Waals surface area (Å²) >= 11 is 2.74. The molecule has 0 radical (unpaired) electrons. The van der Waals surface area contributed by atoms with E-state index in [1.165, 1.54) is 49.5 Å². The average Bonchev–Trinajstić information content (AvgIpc) is 3.28. The molecule has 4 aliphatic carbocycles. The van der Waals surface area contributed by atoms with Gasteiger partial charge >= 0.3 is 5.97 Å². The van der Waals surface area contributed by atoms with Crippen molar-refractivity contribution < 1.29 is 19.1 Å². The van der Waals surface area contributed by atoms with Gasteiger partial charge < -0.3 is 15.4 Å². The van der Waals surface area contributed by atoms with Crippen molar-refractivity contribution in [1.82, 2.24) is 5.32 Å². The molecule has 1 aromatic heterocycles. The number of nitrogens with zero attached hydrogens (tertiary/aromatic N) is 1. The Morgan fingerprint density at radius 2 is 1.88 bits per heavy atom. The number of nitrogens with one attached hydrogen (secondary N) is 2.